The molecule has 2 aromatic rings. The minimum absolute atomic E-state index is 0.00451. The second-order valence-corrected chi connectivity index (χ2v) is 8.80. The van der Waals surface area contributed by atoms with E-state index in [1.165, 1.54) is 4.90 Å². The summed E-state index contributed by atoms with van der Waals surface area (Å²) >= 11 is 0. The maximum Gasteiger partial charge on any atom is 0.416 e. The van der Waals surface area contributed by atoms with E-state index >= 15 is 0 Å². The third kappa shape index (κ3) is 13.1. The number of benzene rings is 2. The zero-order chi connectivity index (χ0) is 30.5. The number of ether oxygens (including phenoxy) is 3. The standard InChI is InChI=1S/C27H32F6N2O6/c1-2-40-23(24(36)37)18-19-4-10-22(11-5-19)41-17-14-35(13-16-39-15-3-12-26(28,29)30)25(38)34-21-8-6-20(7-9-21)27(31,32)33/h4-11,23H,2-3,12-18H2,1H3,(H,34,38)(H,36,37). The molecule has 2 amide bonds. The van der Waals surface area contributed by atoms with Crippen molar-refractivity contribution in [3.63, 3.8) is 0 Å². The molecule has 0 spiro atoms. The van der Waals surface area contributed by atoms with Crippen LogP contribution in [0, 0.1) is 0 Å². The van der Waals surface area contributed by atoms with Crippen LogP contribution in [0.3, 0.4) is 0 Å². The molecule has 2 rings (SSSR count). The first kappa shape index (κ1) is 33.7. The van der Waals surface area contributed by atoms with E-state index in [4.69, 9.17) is 14.2 Å². The molecule has 2 aromatic carbocycles. The molecule has 2 N–H and O–H groups in total. The Morgan fingerprint density at radius 2 is 1.56 bits per heavy atom. The van der Waals surface area contributed by atoms with Gasteiger partial charge in [0.1, 0.15) is 12.4 Å². The number of hydrogen-bond donors (Lipinski definition) is 2. The number of carbonyl (C=O) groups is 2. The summed E-state index contributed by atoms with van der Waals surface area (Å²) in [5.74, 6) is -0.644. The Bertz CT molecular complexity index is 1080. The van der Waals surface area contributed by atoms with Crippen molar-refractivity contribution in [1.29, 1.82) is 0 Å². The van der Waals surface area contributed by atoms with Gasteiger partial charge in [-0.25, -0.2) is 9.59 Å². The predicted octanol–water partition coefficient (Wildman–Crippen LogP) is 6.01. The molecular weight excluding hydrogens is 562 g/mol. The van der Waals surface area contributed by atoms with Crippen LogP contribution in [0.15, 0.2) is 48.5 Å². The van der Waals surface area contributed by atoms with Crippen molar-refractivity contribution >= 4 is 17.7 Å². The van der Waals surface area contributed by atoms with Crippen LogP contribution >= 0.6 is 0 Å². The number of carbonyl (C=O) groups excluding carboxylic acids is 1. The van der Waals surface area contributed by atoms with Crippen LogP contribution in [0.4, 0.5) is 36.8 Å². The van der Waals surface area contributed by atoms with Gasteiger partial charge < -0.3 is 29.5 Å². The van der Waals surface area contributed by atoms with Crippen LogP contribution < -0.4 is 10.1 Å². The number of amides is 2. The highest BCUT2D eigenvalue weighted by Crippen LogP contribution is 2.30. The van der Waals surface area contributed by atoms with Gasteiger partial charge >= 0.3 is 24.4 Å². The fourth-order valence-corrected chi connectivity index (χ4v) is 3.54. The Kier molecular flexibility index (Phi) is 13.2. The largest absolute Gasteiger partial charge is 0.492 e. The van der Waals surface area contributed by atoms with Gasteiger partial charge in [-0.2, -0.15) is 26.3 Å². The van der Waals surface area contributed by atoms with E-state index in [1.54, 1.807) is 31.2 Å². The van der Waals surface area contributed by atoms with Crippen molar-refractivity contribution < 1.29 is 55.2 Å². The Morgan fingerprint density at radius 3 is 2.12 bits per heavy atom. The molecule has 0 aliphatic rings. The number of rotatable bonds is 16. The Balaban J connectivity index is 1.94. The fourth-order valence-electron chi connectivity index (χ4n) is 3.54. The first-order valence-corrected chi connectivity index (χ1v) is 12.7. The molecule has 0 aromatic heterocycles. The molecule has 0 saturated carbocycles. The van der Waals surface area contributed by atoms with Crippen LogP contribution in [-0.2, 0) is 26.9 Å². The van der Waals surface area contributed by atoms with E-state index in [0.717, 1.165) is 24.3 Å². The Hall–Kier alpha value is -3.52. The number of carboxylic acid groups (broad SMARTS) is 1. The van der Waals surface area contributed by atoms with Gasteiger partial charge in [0.15, 0.2) is 6.10 Å². The van der Waals surface area contributed by atoms with Crippen molar-refractivity contribution in [3.05, 3.63) is 59.7 Å². The third-order valence-corrected chi connectivity index (χ3v) is 5.62. The molecule has 1 atom stereocenters. The quantitative estimate of drug-likeness (QED) is 0.183. The first-order valence-electron chi connectivity index (χ1n) is 12.7. The average Bonchev–Trinajstić information content (AvgIpc) is 2.89. The number of nitrogens with one attached hydrogen (secondary N) is 1. The number of hydrogen-bond acceptors (Lipinski definition) is 5. The summed E-state index contributed by atoms with van der Waals surface area (Å²) in [5.41, 5.74) is -0.0591. The molecular formula is C27H32F6N2O6. The van der Waals surface area contributed by atoms with Gasteiger partial charge in [-0.1, -0.05) is 12.1 Å². The van der Waals surface area contributed by atoms with Crippen molar-refractivity contribution in [2.45, 2.75) is 44.6 Å². The van der Waals surface area contributed by atoms with Gasteiger partial charge in [-0.3, -0.25) is 0 Å². The molecule has 0 fully saturated rings. The molecule has 0 bridgehead atoms. The SMILES string of the molecule is CCOC(Cc1ccc(OCCN(CCOCCCC(F)(F)F)C(=O)Nc2ccc(C(F)(F)F)cc2)cc1)C(=O)O. The number of nitrogens with zero attached hydrogens (tertiary/aromatic N) is 1. The van der Waals surface area contributed by atoms with Crippen molar-refractivity contribution in [2.24, 2.45) is 0 Å². The van der Waals surface area contributed by atoms with Crippen molar-refractivity contribution in [1.82, 2.24) is 4.90 Å². The normalized spacial score (nSPS) is 12.6. The maximum absolute atomic E-state index is 12.8. The van der Waals surface area contributed by atoms with Crippen LogP contribution in [-0.4, -0.2) is 73.8 Å². The van der Waals surface area contributed by atoms with Gasteiger partial charge in [0.05, 0.1) is 18.7 Å². The topological polar surface area (TPSA) is 97.3 Å². The highest BCUT2D eigenvalue weighted by atomic mass is 19.4. The highest BCUT2D eigenvalue weighted by molar-refractivity contribution is 5.89. The summed E-state index contributed by atoms with van der Waals surface area (Å²) < 4.78 is 91.4. The number of halogens is 6. The molecule has 228 valence electrons. The smallest absolute Gasteiger partial charge is 0.416 e. The van der Waals surface area contributed by atoms with E-state index < -0.39 is 42.4 Å². The monoisotopic (exact) mass is 594 g/mol. The van der Waals surface area contributed by atoms with Gasteiger partial charge in [0, 0.05) is 38.3 Å². The minimum atomic E-state index is -4.53. The molecule has 0 aliphatic heterocycles. The number of anilines is 1. The van der Waals surface area contributed by atoms with Gasteiger partial charge in [-0.05, 0) is 55.3 Å². The van der Waals surface area contributed by atoms with E-state index in [1.807, 2.05) is 0 Å². The molecule has 8 nitrogen and oxygen atoms in total. The van der Waals surface area contributed by atoms with Crippen LogP contribution in [0.5, 0.6) is 5.75 Å². The van der Waals surface area contributed by atoms with E-state index in [9.17, 15) is 41.0 Å². The summed E-state index contributed by atoms with van der Waals surface area (Å²) in [5, 5.41) is 11.7. The van der Waals surface area contributed by atoms with E-state index in [2.05, 4.69) is 5.32 Å². The van der Waals surface area contributed by atoms with Crippen molar-refractivity contribution in [3.8, 4) is 5.75 Å². The second kappa shape index (κ2) is 16.1. The van der Waals surface area contributed by atoms with Gasteiger partial charge in [0.2, 0.25) is 0 Å². The zero-order valence-corrected chi connectivity index (χ0v) is 22.3. The maximum atomic E-state index is 12.8. The molecule has 0 aliphatic carbocycles. The van der Waals surface area contributed by atoms with Gasteiger partial charge in [0.25, 0.3) is 0 Å². The summed E-state index contributed by atoms with van der Waals surface area (Å²) in [4.78, 5) is 25.3. The minimum Gasteiger partial charge on any atom is -0.492 e. The molecule has 1 unspecified atom stereocenters. The van der Waals surface area contributed by atoms with E-state index in [-0.39, 0.29) is 58.0 Å². The molecule has 14 heteroatoms. The lowest BCUT2D eigenvalue weighted by Gasteiger charge is -2.23. The fraction of sp³-hybridized carbons (Fsp3) is 0.481. The van der Waals surface area contributed by atoms with E-state index in [0.29, 0.717) is 11.3 Å². The second-order valence-electron chi connectivity index (χ2n) is 8.80. The summed E-state index contributed by atoms with van der Waals surface area (Å²) in [7, 11) is 0. The predicted molar refractivity (Wildman–Crippen MR) is 137 cm³/mol. The Labute approximate surface area is 233 Å². The van der Waals surface area contributed by atoms with Crippen LogP contribution in [0.25, 0.3) is 0 Å². The molecule has 0 saturated heterocycles. The molecule has 41 heavy (non-hydrogen) atoms. The summed E-state index contributed by atoms with van der Waals surface area (Å²) in [6.45, 7) is 1.71. The molecule has 0 heterocycles. The number of carboxylic acids is 1. The average molecular weight is 595 g/mol. The lowest BCUT2D eigenvalue weighted by atomic mass is 10.1. The number of aliphatic carboxylic acids is 1. The summed E-state index contributed by atoms with van der Waals surface area (Å²) in [6, 6.07) is 9.77. The Morgan fingerprint density at radius 1 is 0.927 bits per heavy atom. The van der Waals surface area contributed by atoms with Crippen LogP contribution in [0.1, 0.15) is 30.9 Å². The lowest BCUT2D eigenvalue weighted by molar-refractivity contribution is -0.150. The number of alkyl halides is 6. The first-order chi connectivity index (χ1) is 19.3. The zero-order valence-electron chi connectivity index (χ0n) is 22.3. The lowest BCUT2D eigenvalue weighted by Crippen LogP contribution is -2.40. The van der Waals surface area contributed by atoms with Crippen LogP contribution in [0.2, 0.25) is 0 Å². The van der Waals surface area contributed by atoms with Crippen molar-refractivity contribution in [2.75, 3.05) is 44.8 Å². The highest BCUT2D eigenvalue weighted by Gasteiger charge is 2.30. The van der Waals surface area contributed by atoms with Gasteiger partial charge in [-0.15, -0.1) is 0 Å². The summed E-state index contributed by atoms with van der Waals surface area (Å²) in [6.07, 6.45) is -10.9. The number of urea groups is 1. The molecule has 0 radical (unpaired) electrons. The third-order valence-electron chi connectivity index (χ3n) is 5.62.